The molecule has 4 rings (SSSR count). The minimum Gasteiger partial charge on any atom is -0.332 e. The Morgan fingerprint density at radius 2 is 2.04 bits per heavy atom. The van der Waals surface area contributed by atoms with Gasteiger partial charge in [-0.15, -0.1) is 0 Å². The molecule has 3 aliphatic rings. The highest BCUT2D eigenvalue weighted by molar-refractivity contribution is 5.87. The highest BCUT2D eigenvalue weighted by atomic mass is 19.1. The van der Waals surface area contributed by atoms with Crippen LogP contribution in [0.15, 0.2) is 18.2 Å². The van der Waals surface area contributed by atoms with E-state index in [9.17, 15) is 14.0 Å². The molecular formula is C19H23FN2O2. The van der Waals surface area contributed by atoms with E-state index in [1.807, 2.05) is 0 Å². The van der Waals surface area contributed by atoms with Crippen molar-refractivity contribution in [1.29, 1.82) is 0 Å². The zero-order valence-corrected chi connectivity index (χ0v) is 12.8. The number of hydrogen-bond donors (Lipinski definition) is 0. The molecular weight excluding hydrogens is 307 g/mol. The molecule has 1 aliphatic carbocycles. The molecule has 24 heavy (non-hydrogen) atoms. The van der Waals surface area contributed by atoms with E-state index in [0.717, 1.165) is 10.5 Å². The molecule has 1 atom stereocenters. The summed E-state index contributed by atoms with van der Waals surface area (Å²) in [7, 11) is 0. The molecule has 1 saturated heterocycles. The first-order chi connectivity index (χ1) is 15.4. The lowest BCUT2D eigenvalue weighted by molar-refractivity contribution is -0.152. The van der Waals surface area contributed by atoms with Gasteiger partial charge in [-0.2, -0.15) is 0 Å². The topological polar surface area (TPSA) is 40.6 Å². The monoisotopic (exact) mass is 340 g/mol. The van der Waals surface area contributed by atoms with Crippen LogP contribution in [0.1, 0.15) is 62.7 Å². The predicted octanol–water partition coefficient (Wildman–Crippen LogP) is 2.67. The second-order valence-electron chi connectivity index (χ2n) is 6.01. The average Bonchev–Trinajstić information content (AvgIpc) is 2.71. The Labute approximate surface area is 155 Å². The lowest BCUT2D eigenvalue weighted by Crippen LogP contribution is -2.56. The summed E-state index contributed by atoms with van der Waals surface area (Å²) in [6.45, 7) is -0.509. The average molecular weight is 340 g/mol. The number of piperazine rings is 1. The van der Waals surface area contributed by atoms with Gasteiger partial charge in [-0.3, -0.25) is 9.59 Å². The molecule has 1 saturated carbocycles. The van der Waals surface area contributed by atoms with Gasteiger partial charge < -0.3 is 9.80 Å². The number of carbonyl (C=O) groups excluding carboxylic acids is 2. The van der Waals surface area contributed by atoms with Crippen LogP contribution in [0.5, 0.6) is 0 Å². The lowest BCUT2D eigenvalue weighted by Gasteiger charge is -2.45. The molecule has 1 aromatic rings. The molecule has 5 heteroatoms. The van der Waals surface area contributed by atoms with Crippen LogP contribution in [-0.4, -0.2) is 41.2 Å². The molecule has 4 nitrogen and oxygen atoms in total. The Bertz CT molecular complexity index is 1030. The first-order valence-corrected chi connectivity index (χ1v) is 7.76. The third-order valence-corrected chi connectivity index (χ3v) is 4.62. The molecule has 2 amide bonds. The SMILES string of the molecule is [2H]C1([2H])C(C(=O)N2CC(=O)N3CCc4ccc(F)cc4C3C2)C([2H])([2H])C([2H])([2H])C([2H])([2H])C1([2H])[2H]. The quantitative estimate of drug-likeness (QED) is 0.789. The molecule has 1 unspecified atom stereocenters. The van der Waals surface area contributed by atoms with E-state index in [1.54, 1.807) is 6.07 Å². The summed E-state index contributed by atoms with van der Waals surface area (Å²) in [4.78, 5) is 28.7. The minimum absolute atomic E-state index is 0.247. The third-order valence-electron chi connectivity index (χ3n) is 4.62. The van der Waals surface area contributed by atoms with Crippen molar-refractivity contribution < 1.29 is 27.7 Å². The van der Waals surface area contributed by atoms with Crippen molar-refractivity contribution in [2.24, 2.45) is 5.92 Å². The standard InChI is InChI=1S/C19H23FN2O2/c20-15-7-6-13-8-9-22-17(16(13)10-15)11-21(12-18(22)23)19(24)14-4-2-1-3-5-14/h6-7,10,14,17H,1-5,8-9,11-12H2/i1D2,2D2,3D2,4D2,5D2. The maximum absolute atomic E-state index is 13.9. The van der Waals surface area contributed by atoms with Gasteiger partial charge in [0, 0.05) is 32.7 Å². The Morgan fingerprint density at radius 1 is 1.25 bits per heavy atom. The maximum Gasteiger partial charge on any atom is 0.242 e. The highest BCUT2D eigenvalue weighted by Crippen LogP contribution is 2.35. The van der Waals surface area contributed by atoms with Crippen molar-refractivity contribution >= 4 is 11.8 Å². The lowest BCUT2D eigenvalue weighted by atomic mass is 9.86. The smallest absolute Gasteiger partial charge is 0.242 e. The molecule has 0 spiro atoms. The number of benzene rings is 1. The van der Waals surface area contributed by atoms with E-state index in [1.165, 1.54) is 17.0 Å². The zero-order chi connectivity index (χ0) is 25.6. The molecule has 128 valence electrons. The van der Waals surface area contributed by atoms with Crippen LogP contribution in [0.25, 0.3) is 0 Å². The normalized spacial score (nSPS) is 41.2. The molecule has 0 N–H and O–H groups in total. The summed E-state index contributed by atoms with van der Waals surface area (Å²) in [6, 6.07) is 3.28. The maximum atomic E-state index is 13.9. The summed E-state index contributed by atoms with van der Waals surface area (Å²) in [5, 5.41) is 0. The van der Waals surface area contributed by atoms with Gasteiger partial charge in [0.25, 0.3) is 0 Å². The van der Waals surface area contributed by atoms with E-state index >= 15 is 0 Å². The second-order valence-corrected chi connectivity index (χ2v) is 6.01. The van der Waals surface area contributed by atoms with Crippen molar-refractivity contribution in [1.82, 2.24) is 9.80 Å². The van der Waals surface area contributed by atoms with Gasteiger partial charge >= 0.3 is 0 Å². The van der Waals surface area contributed by atoms with Crippen LogP contribution >= 0.6 is 0 Å². The van der Waals surface area contributed by atoms with E-state index in [4.69, 9.17) is 13.7 Å². The van der Waals surface area contributed by atoms with Crippen LogP contribution in [0.2, 0.25) is 0 Å². The van der Waals surface area contributed by atoms with Gasteiger partial charge in [-0.1, -0.05) is 25.2 Å². The predicted molar refractivity (Wildman–Crippen MR) is 87.7 cm³/mol. The van der Waals surface area contributed by atoms with E-state index in [-0.39, 0.29) is 6.54 Å². The van der Waals surface area contributed by atoms with Crippen LogP contribution in [0.4, 0.5) is 4.39 Å². The fraction of sp³-hybridized carbons (Fsp3) is 0.579. The Morgan fingerprint density at radius 3 is 2.83 bits per heavy atom. The Kier molecular flexibility index (Phi) is 2.06. The van der Waals surface area contributed by atoms with Gasteiger partial charge in [0.1, 0.15) is 5.82 Å². The van der Waals surface area contributed by atoms with Gasteiger partial charge in [0.15, 0.2) is 0 Å². The van der Waals surface area contributed by atoms with Gasteiger partial charge in [-0.05, 0) is 42.4 Å². The number of halogens is 1. The summed E-state index contributed by atoms with van der Waals surface area (Å²) in [5.74, 6) is -5.02. The second kappa shape index (κ2) is 6.19. The molecule has 2 fully saturated rings. The van der Waals surface area contributed by atoms with Crippen LogP contribution in [0, 0.1) is 11.7 Å². The molecule has 0 radical (unpaired) electrons. The van der Waals surface area contributed by atoms with Crippen molar-refractivity contribution in [3.05, 3.63) is 35.1 Å². The summed E-state index contributed by atoms with van der Waals surface area (Å²) in [6.07, 6.45) is -17.2. The molecule has 0 aromatic heterocycles. The fourth-order valence-corrected chi connectivity index (χ4v) is 3.45. The van der Waals surface area contributed by atoms with Gasteiger partial charge in [-0.25, -0.2) is 4.39 Å². The fourth-order valence-electron chi connectivity index (χ4n) is 3.45. The summed E-state index contributed by atoms with van der Waals surface area (Å²) >= 11 is 0. The van der Waals surface area contributed by atoms with Crippen molar-refractivity contribution in [2.75, 3.05) is 19.6 Å². The van der Waals surface area contributed by atoms with Crippen LogP contribution in [-0.2, 0) is 16.0 Å². The first-order valence-electron chi connectivity index (χ1n) is 12.8. The summed E-state index contributed by atoms with van der Waals surface area (Å²) in [5.41, 5.74) is 1.21. The summed E-state index contributed by atoms with van der Waals surface area (Å²) < 4.78 is 94.9. The number of amides is 2. The van der Waals surface area contributed by atoms with Crippen molar-refractivity contribution in [2.45, 2.75) is 44.3 Å². The van der Waals surface area contributed by atoms with E-state index < -0.39 is 68.0 Å². The highest BCUT2D eigenvalue weighted by Gasteiger charge is 2.40. The number of rotatable bonds is 1. The number of hydrogen-bond acceptors (Lipinski definition) is 2. The molecule has 1 aromatic carbocycles. The van der Waals surface area contributed by atoms with Crippen LogP contribution < -0.4 is 0 Å². The number of carbonyl (C=O) groups is 2. The molecule has 2 heterocycles. The van der Waals surface area contributed by atoms with Gasteiger partial charge in [0.2, 0.25) is 11.8 Å². The van der Waals surface area contributed by atoms with E-state index in [2.05, 4.69) is 0 Å². The van der Waals surface area contributed by atoms with Crippen molar-refractivity contribution in [3.8, 4) is 0 Å². The van der Waals surface area contributed by atoms with Gasteiger partial charge in [0.05, 0.1) is 12.6 Å². The Hall–Kier alpha value is -1.91. The molecule has 2 aliphatic heterocycles. The minimum atomic E-state index is -3.61. The largest absolute Gasteiger partial charge is 0.332 e. The van der Waals surface area contributed by atoms with Crippen molar-refractivity contribution in [3.63, 3.8) is 0 Å². The molecule has 0 bridgehead atoms. The number of nitrogens with zero attached hydrogens (tertiary/aromatic N) is 2. The third kappa shape index (κ3) is 2.70. The first kappa shape index (κ1) is 7.98. The Balaban J connectivity index is 1.76. The zero-order valence-electron chi connectivity index (χ0n) is 22.8. The number of fused-ring (bicyclic) bond motifs is 3. The van der Waals surface area contributed by atoms with Crippen LogP contribution in [0.3, 0.4) is 0 Å². The van der Waals surface area contributed by atoms with E-state index in [0.29, 0.717) is 18.5 Å².